The Hall–Kier alpha value is -7.68. The van der Waals surface area contributed by atoms with Crippen molar-refractivity contribution in [3.05, 3.63) is 220 Å². The highest BCUT2D eigenvalue weighted by Gasteiger charge is 2.48. The number of aryl methyl sites for hydroxylation is 1. The third kappa shape index (κ3) is 5.03. The average molecular weight is 914 g/mol. The van der Waals surface area contributed by atoms with Gasteiger partial charge in [-0.3, -0.25) is 0 Å². The van der Waals surface area contributed by atoms with Crippen molar-refractivity contribution in [2.75, 3.05) is 4.90 Å². The van der Waals surface area contributed by atoms with Crippen LogP contribution in [0.3, 0.4) is 0 Å². The molecule has 0 aliphatic heterocycles. The molecule has 4 aliphatic rings. The van der Waals surface area contributed by atoms with Crippen LogP contribution in [0.4, 0.5) is 17.1 Å². The van der Waals surface area contributed by atoms with Crippen LogP contribution in [0.2, 0.25) is 0 Å². The van der Waals surface area contributed by atoms with E-state index in [1.807, 2.05) is 0 Å². The normalized spacial score (nSPS) is 16.4. The number of furan rings is 1. The molecule has 0 radical (unpaired) electrons. The fourth-order valence-corrected chi connectivity index (χ4v) is 14.8. The molecule has 1 aromatic heterocycles. The van der Waals surface area contributed by atoms with Gasteiger partial charge in [0.1, 0.15) is 5.58 Å². The molecule has 0 fully saturated rings. The van der Waals surface area contributed by atoms with Gasteiger partial charge in [-0.25, -0.2) is 0 Å². The number of nitrogens with zero attached hydrogens (tertiary/aromatic N) is 1. The smallest absolute Gasteiger partial charge is 0.159 e. The van der Waals surface area contributed by atoms with Crippen molar-refractivity contribution < 1.29 is 4.42 Å². The molecule has 1 heterocycles. The van der Waals surface area contributed by atoms with Gasteiger partial charge in [0, 0.05) is 43.8 Å². The Morgan fingerprint density at radius 2 is 0.746 bits per heavy atom. The van der Waals surface area contributed by atoms with Gasteiger partial charge in [-0.1, -0.05) is 195 Å². The summed E-state index contributed by atoms with van der Waals surface area (Å²) in [5.74, 6) is 0. The standard InChI is InChI=1S/C69H55NO/c1-38-16-14-21-49-50-22-15-23-57(65(50)71-64(38)49)70(41-26-28-45-47-30-32-51-58-43-19-12-10-17-39(43)24-34-53(58)66(2,3)62(51)60(47)68(6,7)55(45)36-41)42-27-29-46-48-31-33-52-59-44-20-13-11-18-40(44)25-35-54(59)67(4,5)63(52)61(48)69(8,9)56(46)37-42/h10-37H,1-9H3. The van der Waals surface area contributed by atoms with Crippen LogP contribution < -0.4 is 4.90 Å². The summed E-state index contributed by atoms with van der Waals surface area (Å²) in [6.45, 7) is 21.8. The summed E-state index contributed by atoms with van der Waals surface area (Å²) < 4.78 is 7.03. The summed E-state index contributed by atoms with van der Waals surface area (Å²) in [7, 11) is 0. The predicted molar refractivity (Wildman–Crippen MR) is 298 cm³/mol. The van der Waals surface area contributed by atoms with Gasteiger partial charge in [0.15, 0.2) is 5.58 Å². The van der Waals surface area contributed by atoms with E-state index < -0.39 is 0 Å². The van der Waals surface area contributed by atoms with Crippen molar-refractivity contribution in [2.45, 2.75) is 84.0 Å². The van der Waals surface area contributed by atoms with Gasteiger partial charge >= 0.3 is 0 Å². The summed E-state index contributed by atoms with van der Waals surface area (Å²) in [5, 5.41) is 7.54. The quantitative estimate of drug-likeness (QED) is 0.176. The SMILES string of the molecule is Cc1cccc2c1oc1c(N(c3ccc4c(c3)C(C)(C)c3c-4ccc4c3C(C)(C)c3ccc5ccccc5c3-4)c3ccc4c(c3)C(C)(C)c3c-4ccc4c3C(C)(C)c3ccc5ccccc5c3-4)cccc12. The number of anilines is 3. The van der Waals surface area contributed by atoms with Crippen molar-refractivity contribution in [3.8, 4) is 44.5 Å². The molecule has 11 aromatic rings. The Morgan fingerprint density at radius 1 is 0.338 bits per heavy atom. The molecule has 0 saturated heterocycles. The van der Waals surface area contributed by atoms with E-state index in [1.54, 1.807) is 0 Å². The van der Waals surface area contributed by atoms with Crippen LogP contribution in [0, 0.1) is 6.92 Å². The molecule has 71 heavy (non-hydrogen) atoms. The summed E-state index contributed by atoms with van der Waals surface area (Å²) in [5.41, 5.74) is 27.7. The maximum absolute atomic E-state index is 7.03. The summed E-state index contributed by atoms with van der Waals surface area (Å²) in [6, 6.07) is 64.7. The molecule has 4 aliphatic carbocycles. The van der Waals surface area contributed by atoms with Crippen molar-refractivity contribution in [3.63, 3.8) is 0 Å². The highest BCUT2D eigenvalue weighted by Crippen LogP contribution is 2.63. The zero-order valence-electron chi connectivity index (χ0n) is 42.0. The molecule has 0 spiro atoms. The molecule has 2 nitrogen and oxygen atoms in total. The second kappa shape index (κ2) is 13.4. The van der Waals surface area contributed by atoms with Gasteiger partial charge in [0.25, 0.3) is 0 Å². The van der Waals surface area contributed by atoms with E-state index in [0.29, 0.717) is 0 Å². The minimum absolute atomic E-state index is 0.163. The molecule has 0 atom stereocenters. The van der Waals surface area contributed by atoms with E-state index >= 15 is 0 Å². The number of rotatable bonds is 3. The first-order chi connectivity index (χ1) is 34.2. The molecule has 2 heteroatoms. The van der Waals surface area contributed by atoms with Crippen LogP contribution >= 0.6 is 0 Å². The minimum Gasteiger partial charge on any atom is -0.454 e. The van der Waals surface area contributed by atoms with Crippen LogP contribution in [-0.4, -0.2) is 0 Å². The lowest BCUT2D eigenvalue weighted by Gasteiger charge is -2.32. The Bertz CT molecular complexity index is 4030. The van der Waals surface area contributed by atoms with Crippen molar-refractivity contribution >= 4 is 60.5 Å². The van der Waals surface area contributed by atoms with Gasteiger partial charge in [0.05, 0.1) is 5.69 Å². The predicted octanol–water partition coefficient (Wildman–Crippen LogP) is 18.9. The Labute approximate surface area is 416 Å². The first-order valence-corrected chi connectivity index (χ1v) is 25.6. The number of fused-ring (bicyclic) bond motifs is 21. The van der Waals surface area contributed by atoms with Gasteiger partial charge in [-0.15, -0.1) is 0 Å². The van der Waals surface area contributed by atoms with Gasteiger partial charge in [0.2, 0.25) is 0 Å². The first kappa shape index (κ1) is 41.1. The topological polar surface area (TPSA) is 16.4 Å². The van der Waals surface area contributed by atoms with Crippen LogP contribution in [0.1, 0.15) is 105 Å². The van der Waals surface area contributed by atoms with E-state index in [-0.39, 0.29) is 21.7 Å². The van der Waals surface area contributed by atoms with Gasteiger partial charge in [-0.2, -0.15) is 0 Å². The van der Waals surface area contributed by atoms with E-state index in [1.165, 1.54) is 111 Å². The second-order valence-corrected chi connectivity index (χ2v) is 23.2. The van der Waals surface area contributed by atoms with Gasteiger partial charge in [-0.05, 0) is 153 Å². The molecule has 10 aromatic carbocycles. The van der Waals surface area contributed by atoms with Crippen molar-refractivity contribution in [1.82, 2.24) is 0 Å². The summed E-state index contributed by atoms with van der Waals surface area (Å²) in [4.78, 5) is 2.49. The third-order valence-electron chi connectivity index (χ3n) is 18.0. The van der Waals surface area contributed by atoms with Crippen LogP contribution in [0.15, 0.2) is 174 Å². The van der Waals surface area contributed by atoms with Crippen LogP contribution in [-0.2, 0) is 21.7 Å². The molecular formula is C69H55NO. The first-order valence-electron chi connectivity index (χ1n) is 25.6. The number of hydrogen-bond acceptors (Lipinski definition) is 2. The zero-order chi connectivity index (χ0) is 48.2. The number of benzene rings is 10. The van der Waals surface area contributed by atoms with Crippen molar-refractivity contribution in [2.24, 2.45) is 0 Å². The fraction of sp³-hybridized carbons (Fsp3) is 0.188. The zero-order valence-corrected chi connectivity index (χ0v) is 42.0. The van der Waals surface area contributed by atoms with Crippen LogP contribution in [0.5, 0.6) is 0 Å². The molecule has 0 bridgehead atoms. The molecule has 0 N–H and O–H groups in total. The number of hydrogen-bond donors (Lipinski definition) is 0. The lowest BCUT2D eigenvalue weighted by molar-refractivity contribution is 0.601. The highest BCUT2D eigenvalue weighted by atomic mass is 16.3. The third-order valence-corrected chi connectivity index (χ3v) is 18.0. The fourth-order valence-electron chi connectivity index (χ4n) is 14.8. The largest absolute Gasteiger partial charge is 0.454 e. The minimum atomic E-state index is -0.271. The summed E-state index contributed by atoms with van der Waals surface area (Å²) >= 11 is 0. The Morgan fingerprint density at radius 3 is 1.27 bits per heavy atom. The summed E-state index contributed by atoms with van der Waals surface area (Å²) in [6.07, 6.45) is 0. The second-order valence-electron chi connectivity index (χ2n) is 23.2. The van der Waals surface area contributed by atoms with Gasteiger partial charge < -0.3 is 9.32 Å². The number of para-hydroxylation sites is 2. The maximum atomic E-state index is 7.03. The molecule has 0 amide bonds. The van der Waals surface area contributed by atoms with E-state index in [2.05, 4.69) is 237 Å². The average Bonchev–Trinajstić information content (AvgIpc) is 4.08. The molecule has 0 unspecified atom stereocenters. The monoisotopic (exact) mass is 913 g/mol. The van der Waals surface area contributed by atoms with Crippen molar-refractivity contribution in [1.29, 1.82) is 0 Å². The van der Waals surface area contributed by atoms with E-state index in [4.69, 9.17) is 4.42 Å². The Balaban J connectivity index is 0.926. The molecular weight excluding hydrogens is 859 g/mol. The van der Waals surface area contributed by atoms with E-state index in [9.17, 15) is 0 Å². The van der Waals surface area contributed by atoms with E-state index in [0.717, 1.165) is 44.6 Å². The van der Waals surface area contributed by atoms with Crippen LogP contribution in [0.25, 0.3) is 88.0 Å². The highest BCUT2D eigenvalue weighted by molar-refractivity contribution is 6.12. The Kier molecular flexibility index (Phi) is 7.75. The lowest BCUT2D eigenvalue weighted by Crippen LogP contribution is -2.24. The molecule has 15 rings (SSSR count). The molecule has 342 valence electrons. The maximum Gasteiger partial charge on any atom is 0.159 e. The lowest BCUT2D eigenvalue weighted by atomic mass is 9.72. The molecule has 0 saturated carbocycles.